The van der Waals surface area contributed by atoms with E-state index in [1.165, 1.54) is 25.3 Å². The van der Waals surface area contributed by atoms with E-state index in [2.05, 4.69) is 4.74 Å². The lowest BCUT2D eigenvalue weighted by atomic mass is 10.2. The van der Waals surface area contributed by atoms with Crippen LogP contribution in [0, 0.1) is 5.82 Å². The third-order valence-electron chi connectivity index (χ3n) is 1.58. The van der Waals surface area contributed by atoms with Crippen molar-refractivity contribution in [1.82, 2.24) is 0 Å². The fourth-order valence-electron chi connectivity index (χ4n) is 0.902. The minimum absolute atomic E-state index is 0.232. The van der Waals surface area contributed by atoms with Gasteiger partial charge < -0.3 is 9.84 Å². The summed E-state index contributed by atoms with van der Waals surface area (Å²) in [7, 11) is 1.19. The number of ether oxygens (including phenoxy) is 1. The molecule has 0 aliphatic heterocycles. The maximum atomic E-state index is 12.7. The van der Waals surface area contributed by atoms with Crippen molar-refractivity contribution in [3.05, 3.63) is 41.7 Å². The third-order valence-corrected chi connectivity index (χ3v) is 1.58. The van der Waals surface area contributed by atoms with Crippen LogP contribution in [0.1, 0.15) is 5.56 Å². The average molecular weight is 196 g/mol. The van der Waals surface area contributed by atoms with Crippen LogP contribution >= 0.6 is 0 Å². The van der Waals surface area contributed by atoms with Crippen LogP contribution in [-0.2, 0) is 9.53 Å². The average Bonchev–Trinajstić information content (AvgIpc) is 2.17. The molecule has 1 aromatic rings. The van der Waals surface area contributed by atoms with Gasteiger partial charge in [-0.15, -0.1) is 0 Å². The molecule has 0 saturated carbocycles. The van der Waals surface area contributed by atoms with Crippen molar-refractivity contribution in [3.63, 3.8) is 0 Å². The van der Waals surface area contributed by atoms with Gasteiger partial charge in [-0.25, -0.2) is 9.18 Å². The predicted octanol–water partition coefficient (Wildman–Crippen LogP) is 1.90. The number of hydrogen-bond donors (Lipinski definition) is 1. The molecule has 3 nitrogen and oxygen atoms in total. The normalized spacial score (nSPS) is 11.1. The van der Waals surface area contributed by atoms with E-state index in [0.717, 1.165) is 12.1 Å². The first-order valence-corrected chi connectivity index (χ1v) is 3.88. The first-order chi connectivity index (χ1) is 6.63. The highest BCUT2D eigenvalue weighted by atomic mass is 19.1. The molecule has 0 bridgehead atoms. The quantitative estimate of drug-likeness (QED) is 0.446. The Bertz CT molecular complexity index is 371. The van der Waals surface area contributed by atoms with Gasteiger partial charge >= 0.3 is 5.97 Å². The molecule has 0 heterocycles. The second-order valence-corrected chi connectivity index (χ2v) is 2.56. The van der Waals surface area contributed by atoms with E-state index in [9.17, 15) is 14.3 Å². The molecule has 0 fully saturated rings. The van der Waals surface area contributed by atoms with Gasteiger partial charge in [0.2, 0.25) is 0 Å². The molecule has 0 aliphatic carbocycles. The molecule has 0 aliphatic rings. The fourth-order valence-corrected chi connectivity index (χ4v) is 0.902. The van der Waals surface area contributed by atoms with E-state index in [0.29, 0.717) is 0 Å². The monoisotopic (exact) mass is 196 g/mol. The van der Waals surface area contributed by atoms with Gasteiger partial charge in [0.1, 0.15) is 11.6 Å². The lowest BCUT2D eigenvalue weighted by molar-refractivity contribution is -0.134. The summed E-state index contributed by atoms with van der Waals surface area (Å²) in [6, 6.07) is 5.29. The van der Waals surface area contributed by atoms with E-state index >= 15 is 0 Å². The second-order valence-electron chi connectivity index (χ2n) is 2.56. The van der Waals surface area contributed by atoms with Gasteiger partial charge in [0, 0.05) is 5.56 Å². The number of rotatable bonds is 2. The Labute approximate surface area is 80.4 Å². The molecule has 74 valence electrons. The Hall–Kier alpha value is -1.84. The van der Waals surface area contributed by atoms with Crippen LogP contribution in [0.3, 0.4) is 0 Å². The summed E-state index contributed by atoms with van der Waals surface area (Å²) in [5, 5.41) is 9.34. The molecule has 0 spiro atoms. The highest BCUT2D eigenvalue weighted by Gasteiger charge is 2.03. The van der Waals surface area contributed by atoms with Gasteiger partial charge in [0.25, 0.3) is 0 Å². The van der Waals surface area contributed by atoms with Crippen LogP contribution in [0.15, 0.2) is 30.3 Å². The van der Waals surface area contributed by atoms with Crippen molar-refractivity contribution >= 4 is 11.7 Å². The van der Waals surface area contributed by atoms with Crippen LogP contribution < -0.4 is 0 Å². The molecule has 4 heteroatoms. The van der Waals surface area contributed by atoms with Crippen LogP contribution in [0.4, 0.5) is 4.39 Å². The summed E-state index contributed by atoms with van der Waals surface area (Å²) >= 11 is 0. The standard InChI is InChI=1S/C10H9FO3/c1-14-10(13)6-9(12)7-3-2-4-8(11)5-7/h2-6,12H,1H3/b9-6-. The lowest BCUT2D eigenvalue weighted by Gasteiger charge is -1.99. The number of esters is 1. The Morgan fingerprint density at radius 2 is 2.29 bits per heavy atom. The van der Waals surface area contributed by atoms with Crippen molar-refractivity contribution in [1.29, 1.82) is 0 Å². The maximum Gasteiger partial charge on any atom is 0.334 e. The van der Waals surface area contributed by atoms with Crippen molar-refractivity contribution < 1.29 is 19.0 Å². The molecule has 0 radical (unpaired) electrons. The molecule has 1 aromatic carbocycles. The SMILES string of the molecule is COC(=O)/C=C(\O)c1cccc(F)c1. The molecule has 0 unspecified atom stereocenters. The minimum Gasteiger partial charge on any atom is -0.507 e. The zero-order valence-corrected chi connectivity index (χ0v) is 7.53. The van der Waals surface area contributed by atoms with Crippen LogP contribution in [0.5, 0.6) is 0 Å². The summed E-state index contributed by atoms with van der Waals surface area (Å²) in [5.41, 5.74) is 0.232. The number of aliphatic hydroxyl groups is 1. The van der Waals surface area contributed by atoms with Gasteiger partial charge in [-0.1, -0.05) is 12.1 Å². The highest BCUT2D eigenvalue weighted by Crippen LogP contribution is 2.12. The van der Waals surface area contributed by atoms with Crippen LogP contribution in [-0.4, -0.2) is 18.2 Å². The Morgan fingerprint density at radius 3 is 2.86 bits per heavy atom. The molecule has 0 aromatic heterocycles. The fraction of sp³-hybridized carbons (Fsp3) is 0.100. The summed E-state index contributed by atoms with van der Waals surface area (Å²) < 4.78 is 17.0. The Balaban J connectivity index is 2.94. The summed E-state index contributed by atoms with van der Waals surface area (Å²) in [6.45, 7) is 0. The van der Waals surface area contributed by atoms with Crippen LogP contribution in [0.2, 0.25) is 0 Å². The molecule has 1 N–H and O–H groups in total. The van der Waals surface area contributed by atoms with Crippen LogP contribution in [0.25, 0.3) is 5.76 Å². The van der Waals surface area contributed by atoms with E-state index in [4.69, 9.17) is 0 Å². The topological polar surface area (TPSA) is 46.5 Å². The molecular formula is C10H9FO3. The molecule has 0 saturated heterocycles. The van der Waals surface area contributed by atoms with E-state index < -0.39 is 11.8 Å². The summed E-state index contributed by atoms with van der Waals surface area (Å²) in [6.07, 6.45) is 0.884. The van der Waals surface area contributed by atoms with Gasteiger partial charge in [0.05, 0.1) is 13.2 Å². The second kappa shape index (κ2) is 4.41. The van der Waals surface area contributed by atoms with E-state index in [1.54, 1.807) is 0 Å². The lowest BCUT2D eigenvalue weighted by Crippen LogP contribution is -1.96. The van der Waals surface area contributed by atoms with Gasteiger partial charge in [0.15, 0.2) is 0 Å². The van der Waals surface area contributed by atoms with Crippen molar-refractivity contribution in [3.8, 4) is 0 Å². The number of benzene rings is 1. The number of carbonyl (C=O) groups is 1. The number of halogens is 1. The number of methoxy groups -OCH3 is 1. The van der Waals surface area contributed by atoms with E-state index in [-0.39, 0.29) is 11.3 Å². The zero-order chi connectivity index (χ0) is 10.6. The predicted molar refractivity (Wildman–Crippen MR) is 49.0 cm³/mol. The molecule has 14 heavy (non-hydrogen) atoms. The first-order valence-electron chi connectivity index (χ1n) is 3.88. The molecule has 0 atom stereocenters. The van der Waals surface area contributed by atoms with Crippen molar-refractivity contribution in [2.45, 2.75) is 0 Å². The third kappa shape index (κ3) is 2.58. The van der Waals surface area contributed by atoms with Gasteiger partial charge in [-0.3, -0.25) is 0 Å². The van der Waals surface area contributed by atoms with E-state index in [1.807, 2.05) is 0 Å². The largest absolute Gasteiger partial charge is 0.507 e. The number of hydrogen-bond acceptors (Lipinski definition) is 3. The Kier molecular flexibility index (Phi) is 3.23. The summed E-state index contributed by atoms with van der Waals surface area (Å²) in [4.78, 5) is 10.7. The smallest absolute Gasteiger partial charge is 0.334 e. The number of aliphatic hydroxyl groups excluding tert-OH is 1. The van der Waals surface area contributed by atoms with Gasteiger partial charge in [-0.2, -0.15) is 0 Å². The highest BCUT2D eigenvalue weighted by molar-refractivity contribution is 5.89. The molecule has 0 amide bonds. The van der Waals surface area contributed by atoms with Gasteiger partial charge in [-0.05, 0) is 12.1 Å². The van der Waals surface area contributed by atoms with Crippen molar-refractivity contribution in [2.75, 3.05) is 7.11 Å². The molecule has 1 rings (SSSR count). The zero-order valence-electron chi connectivity index (χ0n) is 7.53. The maximum absolute atomic E-state index is 12.7. The first kappa shape index (κ1) is 10.2. The summed E-state index contributed by atoms with van der Waals surface area (Å²) in [5.74, 6) is -1.49. The molecular weight excluding hydrogens is 187 g/mol. The number of carbonyl (C=O) groups excluding carboxylic acids is 1. The Morgan fingerprint density at radius 1 is 1.57 bits per heavy atom. The minimum atomic E-state index is -0.688. The van der Waals surface area contributed by atoms with Crippen molar-refractivity contribution in [2.24, 2.45) is 0 Å².